The Hall–Kier alpha value is -0.486. The van der Waals surface area contributed by atoms with Crippen LogP contribution in [0, 0.1) is 0 Å². The van der Waals surface area contributed by atoms with Crippen LogP contribution in [0.25, 0.3) is 0 Å². The molecule has 0 aromatic rings. The average Bonchev–Trinajstić information content (AvgIpc) is 2.40. The molecule has 0 rings (SSSR count). The average molecular weight is 336 g/mol. The molecule has 0 fully saturated rings. The van der Waals surface area contributed by atoms with Gasteiger partial charge >= 0.3 is 0 Å². The fraction of sp³-hybridized carbons (Fsp3) is 0.500. The summed E-state index contributed by atoms with van der Waals surface area (Å²) in [4.78, 5) is 0. The molecule has 0 saturated heterocycles. The zero-order valence-corrected chi connectivity index (χ0v) is 15.3. The first-order valence-corrected chi connectivity index (χ1v) is 6.31. The summed E-state index contributed by atoms with van der Waals surface area (Å²) in [5.74, 6) is 0. The van der Waals surface area contributed by atoms with Crippen molar-refractivity contribution in [3.63, 3.8) is 0 Å². The molecule has 0 aromatic heterocycles. The van der Waals surface area contributed by atoms with Gasteiger partial charge in [-0.1, -0.05) is 24.3 Å². The van der Waals surface area contributed by atoms with Crippen LogP contribution in [0.5, 0.6) is 0 Å². The van der Waals surface area contributed by atoms with E-state index >= 15 is 0 Å². The van der Waals surface area contributed by atoms with Crippen molar-refractivity contribution in [1.82, 2.24) is 0 Å². The van der Waals surface area contributed by atoms with Crippen molar-refractivity contribution in [3.05, 3.63) is 50.6 Å². The predicted octanol–water partition coefficient (Wildman–Crippen LogP) is 2.21. The maximum Gasteiger partial charge on any atom is 0.0690 e. The zero-order chi connectivity index (χ0) is 17.1. The van der Waals surface area contributed by atoms with Gasteiger partial charge in [0.25, 0.3) is 0 Å². The summed E-state index contributed by atoms with van der Waals surface area (Å²) in [7, 11) is 0. The smallest absolute Gasteiger partial charge is 0.0690 e. The predicted molar refractivity (Wildman–Crippen MR) is 87.5 cm³/mol. The van der Waals surface area contributed by atoms with Gasteiger partial charge in [0.1, 0.15) is 0 Å². The Morgan fingerprint density at radius 1 is 0.524 bits per heavy atom. The van der Waals surface area contributed by atoms with Crippen LogP contribution in [0.1, 0.15) is 27.7 Å². The molecule has 4 N–H and O–H groups in total. The van der Waals surface area contributed by atoms with Crippen molar-refractivity contribution in [2.45, 2.75) is 52.1 Å². The van der Waals surface area contributed by atoms with E-state index in [0.717, 1.165) is 0 Å². The maximum atomic E-state index is 8.24. The van der Waals surface area contributed by atoms with Gasteiger partial charge in [0.2, 0.25) is 0 Å². The third kappa shape index (κ3) is 106. The molecule has 0 aliphatic carbocycles. The Kier molecular flexibility index (Phi) is 43.0. The Bertz CT molecular complexity index is 176. The van der Waals surface area contributed by atoms with Crippen molar-refractivity contribution < 1.29 is 42.1 Å². The number of rotatable bonds is 4. The third-order valence-corrected chi connectivity index (χ3v) is 1.36. The topological polar surface area (TPSA) is 80.9 Å². The standard InChI is InChI=1S/4C4H8O.Ti/c4*1-3-4(2)5;/h4*3-5H,1H2,2H3;. The van der Waals surface area contributed by atoms with Crippen molar-refractivity contribution in [2.24, 2.45) is 0 Å². The minimum Gasteiger partial charge on any atom is -0.389 e. The van der Waals surface area contributed by atoms with Crippen molar-refractivity contribution >= 4 is 0 Å². The van der Waals surface area contributed by atoms with Crippen molar-refractivity contribution in [3.8, 4) is 0 Å². The summed E-state index contributed by atoms with van der Waals surface area (Å²) in [6, 6.07) is 0. The number of hydrogen-bond acceptors (Lipinski definition) is 4. The molecule has 5 heteroatoms. The summed E-state index contributed by atoms with van der Waals surface area (Å²) in [6.07, 6.45) is 4.48. The Morgan fingerprint density at radius 3 is 0.571 bits per heavy atom. The first-order chi connectivity index (χ1) is 9.08. The summed E-state index contributed by atoms with van der Waals surface area (Å²) < 4.78 is 0. The van der Waals surface area contributed by atoms with Crippen molar-refractivity contribution in [2.75, 3.05) is 0 Å². The fourth-order valence-corrected chi connectivity index (χ4v) is 0. The van der Waals surface area contributed by atoms with Gasteiger partial charge in [0.15, 0.2) is 0 Å². The molecule has 0 aromatic carbocycles. The van der Waals surface area contributed by atoms with E-state index in [-0.39, 0.29) is 46.1 Å². The molecule has 0 aliphatic heterocycles. The van der Waals surface area contributed by atoms with Crippen LogP contribution in [0.15, 0.2) is 50.6 Å². The Labute approximate surface area is 145 Å². The SMILES string of the molecule is C=CC(C)O.C=CC(C)O.C=CC(C)O.C=CC(C)O.[Ti]. The molecule has 0 spiro atoms. The number of hydrogen-bond donors (Lipinski definition) is 4. The molecule has 21 heavy (non-hydrogen) atoms. The summed E-state index contributed by atoms with van der Waals surface area (Å²) in [6.45, 7) is 19.9. The van der Waals surface area contributed by atoms with Crippen LogP contribution in [0.3, 0.4) is 0 Å². The van der Waals surface area contributed by atoms with Gasteiger partial charge in [-0.2, -0.15) is 0 Å². The van der Waals surface area contributed by atoms with E-state index in [1.165, 1.54) is 24.3 Å². The van der Waals surface area contributed by atoms with E-state index in [9.17, 15) is 0 Å². The molecular formula is C16H32O4Ti. The normalized spacial score (nSPS) is 13.3. The molecule has 0 radical (unpaired) electrons. The van der Waals surface area contributed by atoms with Gasteiger partial charge in [0, 0.05) is 21.7 Å². The van der Waals surface area contributed by atoms with Crippen LogP contribution < -0.4 is 0 Å². The second kappa shape index (κ2) is 27.8. The molecule has 4 nitrogen and oxygen atoms in total. The molecule has 0 aliphatic rings. The van der Waals surface area contributed by atoms with Gasteiger partial charge in [0.05, 0.1) is 24.4 Å². The molecule has 0 bridgehead atoms. The minimum atomic E-state index is -0.352. The van der Waals surface area contributed by atoms with Crippen LogP contribution >= 0.6 is 0 Å². The van der Waals surface area contributed by atoms with Gasteiger partial charge in [-0.25, -0.2) is 0 Å². The van der Waals surface area contributed by atoms with Gasteiger partial charge in [-0.15, -0.1) is 26.3 Å². The molecule has 4 unspecified atom stereocenters. The van der Waals surface area contributed by atoms with Crippen LogP contribution in [-0.2, 0) is 21.7 Å². The fourth-order valence-electron chi connectivity index (χ4n) is 0. The Balaban J connectivity index is -0.0000000533. The maximum absolute atomic E-state index is 8.24. The van der Waals surface area contributed by atoms with E-state index in [2.05, 4.69) is 26.3 Å². The number of aliphatic hydroxyl groups excluding tert-OH is 4. The molecular weight excluding hydrogens is 304 g/mol. The second-order valence-corrected chi connectivity index (χ2v) is 3.91. The third-order valence-electron chi connectivity index (χ3n) is 1.36. The molecule has 0 amide bonds. The van der Waals surface area contributed by atoms with E-state index in [1.807, 2.05) is 0 Å². The van der Waals surface area contributed by atoms with Crippen molar-refractivity contribution in [1.29, 1.82) is 0 Å². The second-order valence-electron chi connectivity index (χ2n) is 3.91. The zero-order valence-electron chi connectivity index (χ0n) is 13.7. The summed E-state index contributed by atoms with van der Waals surface area (Å²) >= 11 is 0. The molecule has 4 atom stereocenters. The quantitative estimate of drug-likeness (QED) is 0.469. The Morgan fingerprint density at radius 2 is 0.571 bits per heavy atom. The van der Waals surface area contributed by atoms with Crippen LogP contribution in [0.2, 0.25) is 0 Å². The first kappa shape index (κ1) is 32.5. The van der Waals surface area contributed by atoms with E-state index in [4.69, 9.17) is 20.4 Å². The first-order valence-electron chi connectivity index (χ1n) is 6.31. The van der Waals surface area contributed by atoms with Crippen LogP contribution in [-0.4, -0.2) is 44.8 Å². The van der Waals surface area contributed by atoms with Crippen LogP contribution in [0.4, 0.5) is 0 Å². The minimum absolute atomic E-state index is 0. The summed E-state index contributed by atoms with van der Waals surface area (Å²) in [5, 5.41) is 33.0. The summed E-state index contributed by atoms with van der Waals surface area (Å²) in [5.41, 5.74) is 0. The largest absolute Gasteiger partial charge is 0.389 e. The monoisotopic (exact) mass is 336 g/mol. The van der Waals surface area contributed by atoms with E-state index in [1.54, 1.807) is 27.7 Å². The van der Waals surface area contributed by atoms with Gasteiger partial charge in [-0.3, -0.25) is 0 Å². The van der Waals surface area contributed by atoms with E-state index < -0.39 is 0 Å². The van der Waals surface area contributed by atoms with E-state index in [0.29, 0.717) is 0 Å². The molecule has 0 saturated carbocycles. The van der Waals surface area contributed by atoms with Gasteiger partial charge < -0.3 is 20.4 Å². The number of aliphatic hydroxyl groups is 4. The molecule has 124 valence electrons. The van der Waals surface area contributed by atoms with Gasteiger partial charge in [-0.05, 0) is 27.7 Å². The molecule has 0 heterocycles.